The number of benzene rings is 2. The standard InChI is InChI=1S/C18H24O7P2/c1-2-3-4-11-16-22-26(19,20)25-27(21,23-17-12-7-5-8-13-17)24-18-14-9-6-10-15-18/h5-10,12-15H,2-4,11,16H2,1H3,(H,19,20). The maximum Gasteiger partial charge on any atom is 0.596 e. The number of unbranched alkanes of at least 4 members (excludes halogenated alkanes) is 3. The summed E-state index contributed by atoms with van der Waals surface area (Å²) in [6, 6.07) is 16.2. The molecule has 2 aromatic carbocycles. The van der Waals surface area contributed by atoms with Crippen molar-refractivity contribution in [2.75, 3.05) is 6.61 Å². The van der Waals surface area contributed by atoms with Gasteiger partial charge in [0.1, 0.15) is 11.5 Å². The summed E-state index contributed by atoms with van der Waals surface area (Å²) in [5.41, 5.74) is 0. The van der Waals surface area contributed by atoms with Crippen molar-refractivity contribution >= 4 is 15.6 Å². The van der Waals surface area contributed by atoms with Crippen LogP contribution in [0.4, 0.5) is 0 Å². The number of phosphoric ester groups is 2. The third kappa shape index (κ3) is 8.29. The maximum atomic E-state index is 13.0. The van der Waals surface area contributed by atoms with Crippen molar-refractivity contribution in [2.24, 2.45) is 0 Å². The molecule has 1 unspecified atom stereocenters. The molecule has 0 radical (unpaired) electrons. The van der Waals surface area contributed by atoms with E-state index in [4.69, 9.17) is 17.9 Å². The summed E-state index contributed by atoms with van der Waals surface area (Å²) >= 11 is 0. The van der Waals surface area contributed by atoms with Crippen molar-refractivity contribution in [1.29, 1.82) is 0 Å². The van der Waals surface area contributed by atoms with Crippen LogP contribution < -0.4 is 9.05 Å². The van der Waals surface area contributed by atoms with Gasteiger partial charge in [0.25, 0.3) is 0 Å². The van der Waals surface area contributed by atoms with Gasteiger partial charge >= 0.3 is 15.6 Å². The van der Waals surface area contributed by atoms with Crippen LogP contribution in [-0.4, -0.2) is 11.5 Å². The minimum atomic E-state index is -4.65. The maximum absolute atomic E-state index is 13.0. The average Bonchev–Trinajstić information content (AvgIpc) is 2.62. The Balaban J connectivity index is 2.09. The Hall–Kier alpha value is -1.62. The highest BCUT2D eigenvalue weighted by Crippen LogP contribution is 2.62. The zero-order valence-corrected chi connectivity index (χ0v) is 16.9. The quantitative estimate of drug-likeness (QED) is 0.338. The van der Waals surface area contributed by atoms with Crippen molar-refractivity contribution in [3.8, 4) is 11.5 Å². The number of hydrogen-bond acceptors (Lipinski definition) is 6. The minimum Gasteiger partial charge on any atom is -0.395 e. The van der Waals surface area contributed by atoms with Crippen molar-refractivity contribution in [1.82, 2.24) is 0 Å². The topological polar surface area (TPSA) is 91.3 Å². The molecule has 27 heavy (non-hydrogen) atoms. The van der Waals surface area contributed by atoms with Crippen LogP contribution in [0.25, 0.3) is 0 Å². The van der Waals surface area contributed by atoms with Crippen LogP contribution in [0.3, 0.4) is 0 Å². The van der Waals surface area contributed by atoms with Gasteiger partial charge in [0.05, 0.1) is 6.61 Å². The molecule has 7 nitrogen and oxygen atoms in total. The van der Waals surface area contributed by atoms with Crippen LogP contribution >= 0.6 is 15.6 Å². The zero-order valence-electron chi connectivity index (χ0n) is 15.1. The Kier molecular flexibility index (Phi) is 8.55. The van der Waals surface area contributed by atoms with E-state index in [1.165, 1.54) is 24.3 Å². The van der Waals surface area contributed by atoms with Crippen LogP contribution in [0, 0.1) is 0 Å². The van der Waals surface area contributed by atoms with E-state index in [-0.39, 0.29) is 18.1 Å². The minimum absolute atomic E-state index is 0.00442. The number of hydrogen-bond donors (Lipinski definition) is 1. The lowest BCUT2D eigenvalue weighted by Crippen LogP contribution is -2.06. The first-order chi connectivity index (χ1) is 12.9. The molecule has 9 heteroatoms. The Morgan fingerprint density at radius 2 is 1.33 bits per heavy atom. The third-order valence-electron chi connectivity index (χ3n) is 3.38. The third-order valence-corrected chi connectivity index (χ3v) is 6.38. The smallest absolute Gasteiger partial charge is 0.395 e. The molecular formula is C18H24O7P2. The second-order valence-electron chi connectivity index (χ2n) is 5.70. The lowest BCUT2D eigenvalue weighted by Gasteiger charge is -2.21. The first-order valence-corrected chi connectivity index (χ1v) is 11.7. The second-order valence-corrected chi connectivity index (χ2v) is 8.81. The lowest BCUT2D eigenvalue weighted by atomic mass is 10.2. The molecule has 0 aliphatic heterocycles. The number of phosphoric acid groups is 2. The predicted molar refractivity (Wildman–Crippen MR) is 103 cm³/mol. The molecule has 0 bridgehead atoms. The van der Waals surface area contributed by atoms with E-state index in [1.807, 2.05) is 0 Å². The summed E-state index contributed by atoms with van der Waals surface area (Å²) in [7, 11) is -9.13. The molecule has 0 aliphatic rings. The molecule has 0 aromatic heterocycles. The van der Waals surface area contributed by atoms with Crippen LogP contribution in [-0.2, 0) is 18.0 Å². The van der Waals surface area contributed by atoms with Gasteiger partial charge in [-0.3, -0.25) is 4.52 Å². The largest absolute Gasteiger partial charge is 0.596 e. The fraction of sp³-hybridized carbons (Fsp3) is 0.333. The first-order valence-electron chi connectivity index (χ1n) is 8.70. The monoisotopic (exact) mass is 414 g/mol. The molecule has 0 saturated carbocycles. The second kappa shape index (κ2) is 10.6. The van der Waals surface area contributed by atoms with E-state index in [9.17, 15) is 14.0 Å². The van der Waals surface area contributed by atoms with Crippen LogP contribution in [0.5, 0.6) is 11.5 Å². The molecule has 0 aliphatic carbocycles. The summed E-state index contributed by atoms with van der Waals surface area (Å²) in [4.78, 5) is 9.94. The van der Waals surface area contributed by atoms with Gasteiger partial charge in [0.2, 0.25) is 0 Å². The Morgan fingerprint density at radius 1 is 0.815 bits per heavy atom. The van der Waals surface area contributed by atoms with Crippen LogP contribution in [0.1, 0.15) is 32.6 Å². The van der Waals surface area contributed by atoms with E-state index in [0.29, 0.717) is 6.42 Å². The zero-order chi connectivity index (χ0) is 19.6. The van der Waals surface area contributed by atoms with E-state index in [1.54, 1.807) is 36.4 Å². The number of para-hydroxylation sites is 2. The van der Waals surface area contributed by atoms with Gasteiger partial charge in [0, 0.05) is 0 Å². The Bertz CT molecular complexity index is 722. The molecule has 0 fully saturated rings. The van der Waals surface area contributed by atoms with Crippen molar-refractivity contribution in [3.63, 3.8) is 0 Å². The van der Waals surface area contributed by atoms with Gasteiger partial charge in [-0.2, -0.15) is 4.31 Å². The molecule has 0 saturated heterocycles. The highest BCUT2D eigenvalue weighted by Gasteiger charge is 2.41. The van der Waals surface area contributed by atoms with Gasteiger partial charge in [-0.1, -0.05) is 62.6 Å². The van der Waals surface area contributed by atoms with Crippen LogP contribution in [0.2, 0.25) is 0 Å². The summed E-state index contributed by atoms with van der Waals surface area (Å²) in [6.45, 7) is 2.06. The summed E-state index contributed by atoms with van der Waals surface area (Å²) in [5, 5.41) is 0. The van der Waals surface area contributed by atoms with Crippen molar-refractivity contribution in [2.45, 2.75) is 32.6 Å². The Morgan fingerprint density at radius 3 is 1.81 bits per heavy atom. The van der Waals surface area contributed by atoms with Crippen molar-refractivity contribution in [3.05, 3.63) is 60.7 Å². The van der Waals surface area contributed by atoms with E-state index < -0.39 is 15.6 Å². The van der Waals surface area contributed by atoms with Gasteiger partial charge in [0.15, 0.2) is 0 Å². The highest BCUT2D eigenvalue weighted by molar-refractivity contribution is 7.62. The summed E-state index contributed by atoms with van der Waals surface area (Å²) in [5.74, 6) is 0.333. The van der Waals surface area contributed by atoms with Gasteiger partial charge < -0.3 is 13.9 Å². The summed E-state index contributed by atoms with van der Waals surface area (Å²) in [6.07, 6.45) is 3.46. The molecule has 1 atom stereocenters. The van der Waals surface area contributed by atoms with Crippen LogP contribution in [0.15, 0.2) is 60.7 Å². The molecule has 148 valence electrons. The highest BCUT2D eigenvalue weighted by atomic mass is 31.3. The molecule has 2 rings (SSSR count). The average molecular weight is 414 g/mol. The molecule has 0 heterocycles. The SMILES string of the molecule is CCCCCCOP(=O)(O)OP(=O)(Oc1ccccc1)Oc1ccccc1. The Labute approximate surface area is 159 Å². The summed E-state index contributed by atoms with van der Waals surface area (Å²) < 4.78 is 45.6. The molecule has 1 N–H and O–H groups in total. The van der Waals surface area contributed by atoms with Gasteiger partial charge in [-0.15, -0.1) is 0 Å². The fourth-order valence-corrected chi connectivity index (χ4v) is 4.75. The predicted octanol–water partition coefficient (Wildman–Crippen LogP) is 5.97. The van der Waals surface area contributed by atoms with E-state index in [2.05, 4.69) is 6.92 Å². The molecular weight excluding hydrogens is 390 g/mol. The first kappa shape index (κ1) is 21.7. The van der Waals surface area contributed by atoms with Gasteiger partial charge in [-0.05, 0) is 30.7 Å². The van der Waals surface area contributed by atoms with Gasteiger partial charge in [-0.25, -0.2) is 9.13 Å². The molecule has 2 aromatic rings. The van der Waals surface area contributed by atoms with E-state index >= 15 is 0 Å². The fourth-order valence-electron chi connectivity index (χ4n) is 2.13. The molecule has 0 spiro atoms. The normalized spacial score (nSPS) is 13.7. The van der Waals surface area contributed by atoms with Crippen molar-refractivity contribution < 1.29 is 31.9 Å². The van der Waals surface area contributed by atoms with E-state index in [0.717, 1.165) is 19.3 Å². The number of rotatable bonds is 12. The lowest BCUT2D eigenvalue weighted by molar-refractivity contribution is 0.180. The molecule has 0 amide bonds.